The summed E-state index contributed by atoms with van der Waals surface area (Å²) in [4.78, 5) is 13.8. The van der Waals surface area contributed by atoms with E-state index < -0.39 is 0 Å². The van der Waals surface area contributed by atoms with Crippen LogP contribution < -0.4 is 4.74 Å². The van der Waals surface area contributed by atoms with Crippen molar-refractivity contribution >= 4 is 5.78 Å². The normalized spacial score (nSPS) is 23.4. The molecular weight excluding hydrogens is 242 g/mol. The molecule has 0 N–H and O–H groups in total. The molecule has 1 aromatic carbocycles. The average Bonchev–Trinajstić information content (AvgIpc) is 2.78. The van der Waals surface area contributed by atoms with Crippen molar-refractivity contribution in [2.75, 3.05) is 33.4 Å². The number of ketones is 1. The molecule has 1 saturated heterocycles. The lowest BCUT2D eigenvalue weighted by atomic mass is 10.1. The van der Waals surface area contributed by atoms with E-state index >= 15 is 0 Å². The van der Waals surface area contributed by atoms with E-state index in [2.05, 4.69) is 11.9 Å². The summed E-state index contributed by atoms with van der Waals surface area (Å²) in [5.41, 5.74) is 1.98. The second-order valence-corrected chi connectivity index (χ2v) is 5.31. The van der Waals surface area contributed by atoms with Crippen LogP contribution in [0.4, 0.5) is 0 Å². The van der Waals surface area contributed by atoms with E-state index in [1.165, 1.54) is 0 Å². The molecule has 0 radical (unpaired) electrons. The van der Waals surface area contributed by atoms with Crippen LogP contribution in [0.25, 0.3) is 0 Å². The summed E-state index contributed by atoms with van der Waals surface area (Å²) >= 11 is 0. The van der Waals surface area contributed by atoms with E-state index in [1.807, 2.05) is 18.2 Å². The van der Waals surface area contributed by atoms with Crippen LogP contribution in [0.15, 0.2) is 18.2 Å². The highest BCUT2D eigenvalue weighted by molar-refractivity contribution is 6.00. The number of Topliss-reactive ketones (excluding diaryl/α,β-unsaturated/α-hetero) is 1. The highest BCUT2D eigenvalue weighted by atomic mass is 16.5. The van der Waals surface area contributed by atoms with Crippen LogP contribution in [0.5, 0.6) is 5.75 Å². The molecule has 0 aromatic heterocycles. The minimum absolute atomic E-state index is 0.133. The molecule has 102 valence electrons. The molecule has 1 atom stereocenters. The molecule has 19 heavy (non-hydrogen) atoms. The summed E-state index contributed by atoms with van der Waals surface area (Å²) in [6.45, 7) is 3.22. The van der Waals surface area contributed by atoms with Gasteiger partial charge in [-0.1, -0.05) is 0 Å². The Hall–Kier alpha value is -1.39. The molecule has 1 aliphatic carbocycles. The number of carbonyl (C=O) groups is 1. The maximum absolute atomic E-state index is 11.6. The van der Waals surface area contributed by atoms with Crippen molar-refractivity contribution < 1.29 is 14.3 Å². The van der Waals surface area contributed by atoms with Crippen molar-refractivity contribution in [2.24, 2.45) is 0 Å². The summed E-state index contributed by atoms with van der Waals surface area (Å²) in [6.07, 6.45) is 1.61. The number of nitrogens with zero attached hydrogens (tertiary/aromatic N) is 1. The number of hydrogen-bond donors (Lipinski definition) is 0. The zero-order valence-electron chi connectivity index (χ0n) is 11.2. The fourth-order valence-corrected chi connectivity index (χ4v) is 2.68. The molecule has 1 heterocycles. The molecular formula is C15H19NO3. The number of morpholine rings is 1. The quantitative estimate of drug-likeness (QED) is 0.827. The first-order chi connectivity index (χ1) is 9.22. The Kier molecular flexibility index (Phi) is 3.53. The average molecular weight is 261 g/mol. The van der Waals surface area contributed by atoms with E-state index in [9.17, 15) is 4.79 Å². The molecule has 0 amide bonds. The smallest absolute Gasteiger partial charge is 0.163 e. The fourth-order valence-electron chi connectivity index (χ4n) is 2.68. The third-order valence-corrected chi connectivity index (χ3v) is 3.78. The van der Waals surface area contributed by atoms with Crippen molar-refractivity contribution in [3.63, 3.8) is 0 Å². The fraction of sp³-hybridized carbons (Fsp3) is 0.533. The van der Waals surface area contributed by atoms with Gasteiger partial charge < -0.3 is 14.4 Å². The van der Waals surface area contributed by atoms with E-state index in [0.717, 1.165) is 43.0 Å². The number of likely N-dealkylation sites (N-methyl/N-ethyl adjacent to an activating group) is 1. The summed E-state index contributed by atoms with van der Waals surface area (Å²) in [7, 11) is 2.09. The lowest BCUT2D eigenvalue weighted by Crippen LogP contribution is -2.42. The summed E-state index contributed by atoms with van der Waals surface area (Å²) < 4.78 is 11.5. The highest BCUT2D eigenvalue weighted by Crippen LogP contribution is 2.26. The maximum Gasteiger partial charge on any atom is 0.163 e. The molecule has 1 fully saturated rings. The Balaban J connectivity index is 1.60. The summed E-state index contributed by atoms with van der Waals surface area (Å²) in [5.74, 6) is 1.09. The number of hydrogen-bond acceptors (Lipinski definition) is 4. The third-order valence-electron chi connectivity index (χ3n) is 3.78. The van der Waals surface area contributed by atoms with Crippen molar-refractivity contribution in [1.29, 1.82) is 0 Å². The first kappa shape index (κ1) is 12.6. The second kappa shape index (κ2) is 5.31. The van der Waals surface area contributed by atoms with Gasteiger partial charge in [0.05, 0.1) is 6.61 Å². The van der Waals surface area contributed by atoms with Gasteiger partial charge in [-0.3, -0.25) is 4.79 Å². The number of fused-ring (bicyclic) bond motifs is 1. The first-order valence-corrected chi connectivity index (χ1v) is 6.81. The Morgan fingerprint density at radius 2 is 2.32 bits per heavy atom. The Morgan fingerprint density at radius 1 is 1.42 bits per heavy atom. The van der Waals surface area contributed by atoms with Crippen LogP contribution in [0.3, 0.4) is 0 Å². The Morgan fingerprint density at radius 3 is 3.16 bits per heavy atom. The van der Waals surface area contributed by atoms with E-state index in [0.29, 0.717) is 13.0 Å². The first-order valence-electron chi connectivity index (χ1n) is 6.81. The van der Waals surface area contributed by atoms with Crippen molar-refractivity contribution in [3.05, 3.63) is 29.3 Å². The topological polar surface area (TPSA) is 38.8 Å². The van der Waals surface area contributed by atoms with E-state index in [-0.39, 0.29) is 11.9 Å². The zero-order chi connectivity index (χ0) is 13.2. The minimum Gasteiger partial charge on any atom is -0.491 e. The number of ether oxygens (including phenoxy) is 2. The van der Waals surface area contributed by atoms with Gasteiger partial charge in [0.2, 0.25) is 0 Å². The van der Waals surface area contributed by atoms with Crippen LogP contribution in [0.2, 0.25) is 0 Å². The van der Waals surface area contributed by atoms with Gasteiger partial charge in [-0.15, -0.1) is 0 Å². The molecule has 1 aromatic rings. The van der Waals surface area contributed by atoms with Crippen molar-refractivity contribution in [1.82, 2.24) is 4.90 Å². The zero-order valence-corrected chi connectivity index (χ0v) is 11.2. The monoisotopic (exact) mass is 261 g/mol. The maximum atomic E-state index is 11.6. The molecule has 0 bridgehead atoms. The van der Waals surface area contributed by atoms with Gasteiger partial charge in [0.25, 0.3) is 0 Å². The van der Waals surface area contributed by atoms with Gasteiger partial charge in [-0.25, -0.2) is 0 Å². The standard InChI is InChI=1S/C15H19NO3/c1-16-6-7-18-13(9-16)10-19-12-3-4-14-11(8-12)2-5-15(14)17/h3-4,8,13H,2,5-7,9-10H2,1H3. The van der Waals surface area contributed by atoms with E-state index in [1.54, 1.807) is 0 Å². The largest absolute Gasteiger partial charge is 0.491 e. The van der Waals surface area contributed by atoms with Crippen LogP contribution >= 0.6 is 0 Å². The van der Waals surface area contributed by atoms with Crippen LogP contribution in [0.1, 0.15) is 22.3 Å². The van der Waals surface area contributed by atoms with Gasteiger partial charge >= 0.3 is 0 Å². The van der Waals surface area contributed by atoms with Crippen molar-refractivity contribution in [3.8, 4) is 5.75 Å². The predicted molar refractivity (Wildman–Crippen MR) is 71.8 cm³/mol. The highest BCUT2D eigenvalue weighted by Gasteiger charge is 2.21. The number of aryl methyl sites for hydroxylation is 1. The Bertz CT molecular complexity index is 486. The minimum atomic E-state index is 0.133. The van der Waals surface area contributed by atoms with Crippen LogP contribution in [0, 0.1) is 0 Å². The molecule has 4 heteroatoms. The molecule has 1 aliphatic heterocycles. The molecule has 0 spiro atoms. The molecule has 4 nitrogen and oxygen atoms in total. The van der Waals surface area contributed by atoms with Gasteiger partial charge in [-0.2, -0.15) is 0 Å². The number of benzene rings is 1. The third kappa shape index (κ3) is 2.80. The molecule has 0 saturated carbocycles. The predicted octanol–water partition coefficient (Wildman–Crippen LogP) is 1.52. The second-order valence-electron chi connectivity index (χ2n) is 5.31. The molecule has 2 aliphatic rings. The Labute approximate surface area is 113 Å². The lowest BCUT2D eigenvalue weighted by molar-refractivity contribution is -0.0403. The lowest BCUT2D eigenvalue weighted by Gasteiger charge is -2.29. The van der Waals surface area contributed by atoms with Gasteiger partial charge in [0.15, 0.2) is 5.78 Å². The van der Waals surface area contributed by atoms with Gasteiger partial charge in [0, 0.05) is 25.1 Å². The molecule has 1 unspecified atom stereocenters. The van der Waals surface area contributed by atoms with Crippen molar-refractivity contribution in [2.45, 2.75) is 18.9 Å². The van der Waals surface area contributed by atoms with Gasteiger partial charge in [0.1, 0.15) is 18.5 Å². The van der Waals surface area contributed by atoms with Crippen LogP contribution in [-0.4, -0.2) is 50.1 Å². The number of carbonyl (C=O) groups excluding carboxylic acids is 1. The van der Waals surface area contributed by atoms with Gasteiger partial charge in [-0.05, 0) is 37.2 Å². The van der Waals surface area contributed by atoms with E-state index in [4.69, 9.17) is 9.47 Å². The summed E-state index contributed by atoms with van der Waals surface area (Å²) in [5, 5.41) is 0. The molecule has 3 rings (SSSR count). The SMILES string of the molecule is CN1CCOC(COc2ccc3c(c2)CCC3=O)C1. The van der Waals surface area contributed by atoms with Crippen LogP contribution in [-0.2, 0) is 11.2 Å². The number of rotatable bonds is 3. The summed E-state index contributed by atoms with van der Waals surface area (Å²) in [6, 6.07) is 5.76.